The van der Waals surface area contributed by atoms with Gasteiger partial charge in [-0.3, -0.25) is 4.79 Å². The summed E-state index contributed by atoms with van der Waals surface area (Å²) < 4.78 is 0. The number of carbonyl (C=O) groups is 1. The second kappa shape index (κ2) is 6.53. The lowest BCUT2D eigenvalue weighted by atomic mass is 10.2. The fourth-order valence-electron chi connectivity index (χ4n) is 1.55. The van der Waals surface area contributed by atoms with Gasteiger partial charge in [0, 0.05) is 36.6 Å². The van der Waals surface area contributed by atoms with E-state index in [9.17, 15) is 4.79 Å². The summed E-state index contributed by atoms with van der Waals surface area (Å²) in [6, 6.07) is 0.359. The maximum atomic E-state index is 11.6. The van der Waals surface area contributed by atoms with Gasteiger partial charge in [-0.25, -0.2) is 0 Å². The van der Waals surface area contributed by atoms with Gasteiger partial charge in [0.05, 0.1) is 0 Å². The third kappa shape index (κ3) is 3.33. The number of rotatable bonds is 2. The molecule has 0 radical (unpaired) electrons. The molecule has 3 nitrogen and oxygen atoms in total. The largest absolute Gasteiger partial charge is 0.338 e. The predicted molar refractivity (Wildman–Crippen MR) is 64.0 cm³/mol. The van der Waals surface area contributed by atoms with Gasteiger partial charge in [-0.05, 0) is 6.92 Å². The molecule has 1 heterocycles. The van der Waals surface area contributed by atoms with Gasteiger partial charge < -0.3 is 10.6 Å². The summed E-state index contributed by atoms with van der Waals surface area (Å²) in [5, 5.41) is 0.551. The topological polar surface area (TPSA) is 46.3 Å². The van der Waals surface area contributed by atoms with E-state index in [4.69, 9.17) is 5.73 Å². The third-order valence-electron chi connectivity index (χ3n) is 2.56. The molecule has 0 saturated carbocycles. The maximum absolute atomic E-state index is 11.6. The van der Waals surface area contributed by atoms with Crippen molar-refractivity contribution in [1.82, 2.24) is 4.90 Å². The number of hydrogen-bond acceptors (Lipinski definition) is 3. The SMILES string of the molecule is CC1SCCN(C(=O)CCN)C1C.Cl. The van der Waals surface area contributed by atoms with Gasteiger partial charge in [0.25, 0.3) is 0 Å². The summed E-state index contributed by atoms with van der Waals surface area (Å²) in [5.41, 5.74) is 5.36. The highest BCUT2D eigenvalue weighted by atomic mass is 35.5. The van der Waals surface area contributed by atoms with Crippen molar-refractivity contribution in [3.63, 3.8) is 0 Å². The van der Waals surface area contributed by atoms with E-state index in [0.29, 0.717) is 24.3 Å². The fraction of sp³-hybridized carbons (Fsp3) is 0.889. The van der Waals surface area contributed by atoms with Crippen LogP contribution < -0.4 is 5.73 Å². The molecular formula is C9H19ClN2OS. The Kier molecular flexibility index (Phi) is 6.57. The monoisotopic (exact) mass is 238 g/mol. The van der Waals surface area contributed by atoms with Crippen LogP contribution >= 0.6 is 24.2 Å². The first kappa shape index (κ1) is 14.1. The van der Waals surface area contributed by atoms with Gasteiger partial charge in [-0.1, -0.05) is 6.92 Å². The van der Waals surface area contributed by atoms with E-state index < -0.39 is 0 Å². The summed E-state index contributed by atoms with van der Waals surface area (Å²) in [5.74, 6) is 1.27. The van der Waals surface area contributed by atoms with Gasteiger partial charge in [0.2, 0.25) is 5.91 Å². The first-order valence-electron chi connectivity index (χ1n) is 4.78. The quantitative estimate of drug-likeness (QED) is 0.784. The zero-order chi connectivity index (χ0) is 9.84. The van der Waals surface area contributed by atoms with E-state index in [1.807, 2.05) is 16.7 Å². The lowest BCUT2D eigenvalue weighted by Crippen LogP contribution is -2.48. The normalized spacial score (nSPS) is 26.9. The number of hydrogen-bond donors (Lipinski definition) is 1. The third-order valence-corrected chi connectivity index (χ3v) is 3.90. The molecule has 84 valence electrons. The summed E-state index contributed by atoms with van der Waals surface area (Å²) in [6.07, 6.45) is 0.488. The van der Waals surface area contributed by atoms with Gasteiger partial charge in [0.15, 0.2) is 0 Å². The summed E-state index contributed by atoms with van der Waals surface area (Å²) in [6.45, 7) is 5.64. The molecular weight excluding hydrogens is 220 g/mol. The van der Waals surface area contributed by atoms with E-state index in [1.165, 1.54) is 0 Å². The van der Waals surface area contributed by atoms with Crippen LogP contribution in [0.25, 0.3) is 0 Å². The molecule has 1 amide bonds. The van der Waals surface area contributed by atoms with Crippen LogP contribution in [0.5, 0.6) is 0 Å². The van der Waals surface area contributed by atoms with Crippen LogP contribution in [0.1, 0.15) is 20.3 Å². The molecule has 1 aliphatic rings. The molecule has 1 rings (SSSR count). The number of nitrogens with zero attached hydrogens (tertiary/aromatic N) is 1. The van der Waals surface area contributed by atoms with Crippen LogP contribution in [0.15, 0.2) is 0 Å². The number of nitrogens with two attached hydrogens (primary N) is 1. The first-order chi connectivity index (χ1) is 6.16. The predicted octanol–water partition coefficient (Wildman–Crippen LogP) is 1.11. The van der Waals surface area contributed by atoms with Crippen LogP contribution in [-0.4, -0.2) is 40.9 Å². The molecule has 2 unspecified atom stereocenters. The Balaban J connectivity index is 0.00000169. The van der Waals surface area contributed by atoms with Crippen molar-refractivity contribution >= 4 is 30.1 Å². The van der Waals surface area contributed by atoms with Crippen molar-refractivity contribution in [3.8, 4) is 0 Å². The minimum absolute atomic E-state index is 0. The minimum Gasteiger partial charge on any atom is -0.338 e. The number of thioether (sulfide) groups is 1. The van der Waals surface area contributed by atoms with Crippen LogP contribution in [-0.2, 0) is 4.79 Å². The first-order valence-corrected chi connectivity index (χ1v) is 5.83. The standard InChI is InChI=1S/C9H18N2OS.ClH/c1-7-8(2)13-6-5-11(7)9(12)3-4-10;/h7-8H,3-6,10H2,1-2H3;1H. The number of halogens is 1. The molecule has 0 aromatic carbocycles. The highest BCUT2D eigenvalue weighted by molar-refractivity contribution is 8.00. The molecule has 2 atom stereocenters. The molecule has 0 aliphatic carbocycles. The Hall–Kier alpha value is 0.0700. The molecule has 0 spiro atoms. The van der Waals surface area contributed by atoms with Crippen LogP contribution in [0.3, 0.4) is 0 Å². The smallest absolute Gasteiger partial charge is 0.224 e. The molecule has 0 aromatic rings. The van der Waals surface area contributed by atoms with Crippen LogP contribution in [0.4, 0.5) is 0 Å². The van der Waals surface area contributed by atoms with Crippen molar-refractivity contribution in [2.75, 3.05) is 18.8 Å². The maximum Gasteiger partial charge on any atom is 0.224 e. The zero-order valence-electron chi connectivity index (χ0n) is 8.73. The van der Waals surface area contributed by atoms with Crippen molar-refractivity contribution in [3.05, 3.63) is 0 Å². The molecule has 5 heteroatoms. The van der Waals surface area contributed by atoms with Gasteiger partial charge >= 0.3 is 0 Å². The average molecular weight is 239 g/mol. The van der Waals surface area contributed by atoms with E-state index in [0.717, 1.165) is 12.3 Å². The van der Waals surface area contributed by atoms with Crippen molar-refractivity contribution in [1.29, 1.82) is 0 Å². The molecule has 1 saturated heterocycles. The van der Waals surface area contributed by atoms with Crippen molar-refractivity contribution < 1.29 is 4.79 Å². The lowest BCUT2D eigenvalue weighted by Gasteiger charge is -2.37. The number of amides is 1. The lowest BCUT2D eigenvalue weighted by molar-refractivity contribution is -0.132. The summed E-state index contributed by atoms with van der Waals surface area (Å²) >= 11 is 1.94. The van der Waals surface area contributed by atoms with E-state index in [1.54, 1.807) is 0 Å². The average Bonchev–Trinajstić information content (AvgIpc) is 2.10. The minimum atomic E-state index is 0. The highest BCUT2D eigenvalue weighted by Gasteiger charge is 2.27. The highest BCUT2D eigenvalue weighted by Crippen LogP contribution is 2.24. The van der Waals surface area contributed by atoms with Gasteiger partial charge in [-0.15, -0.1) is 12.4 Å². The van der Waals surface area contributed by atoms with Gasteiger partial charge in [0.1, 0.15) is 0 Å². The second-order valence-corrected chi connectivity index (χ2v) is 4.93. The van der Waals surface area contributed by atoms with E-state index in [-0.39, 0.29) is 18.3 Å². The molecule has 0 bridgehead atoms. The fourth-order valence-corrected chi connectivity index (χ4v) is 2.65. The molecule has 1 aliphatic heterocycles. The van der Waals surface area contributed by atoms with Gasteiger partial charge in [-0.2, -0.15) is 11.8 Å². The summed E-state index contributed by atoms with van der Waals surface area (Å²) in [4.78, 5) is 13.6. The van der Waals surface area contributed by atoms with Crippen molar-refractivity contribution in [2.24, 2.45) is 5.73 Å². The van der Waals surface area contributed by atoms with Crippen LogP contribution in [0, 0.1) is 0 Å². The number of carbonyl (C=O) groups excluding carboxylic acids is 1. The Morgan fingerprint density at radius 2 is 2.21 bits per heavy atom. The molecule has 0 aromatic heterocycles. The molecule has 2 N–H and O–H groups in total. The zero-order valence-corrected chi connectivity index (χ0v) is 10.4. The molecule has 1 fully saturated rings. The Bertz CT molecular complexity index is 192. The Morgan fingerprint density at radius 3 is 2.79 bits per heavy atom. The Morgan fingerprint density at radius 1 is 1.57 bits per heavy atom. The van der Waals surface area contributed by atoms with Crippen LogP contribution in [0.2, 0.25) is 0 Å². The van der Waals surface area contributed by atoms with Crippen molar-refractivity contribution in [2.45, 2.75) is 31.6 Å². The molecule has 14 heavy (non-hydrogen) atoms. The second-order valence-electron chi connectivity index (χ2n) is 3.44. The summed E-state index contributed by atoms with van der Waals surface area (Å²) in [7, 11) is 0. The Labute approximate surface area is 96.2 Å². The van der Waals surface area contributed by atoms with E-state index in [2.05, 4.69) is 13.8 Å². The van der Waals surface area contributed by atoms with E-state index >= 15 is 0 Å².